The van der Waals surface area contributed by atoms with Crippen LogP contribution in [0.15, 0.2) is 54.2 Å². The van der Waals surface area contributed by atoms with E-state index in [1.807, 2.05) is 37.5 Å². The van der Waals surface area contributed by atoms with Crippen molar-refractivity contribution in [2.75, 3.05) is 0 Å². The summed E-state index contributed by atoms with van der Waals surface area (Å²) in [4.78, 5) is 8.89. The molecule has 0 spiro atoms. The summed E-state index contributed by atoms with van der Waals surface area (Å²) in [5, 5.41) is 3.15. The predicted octanol–water partition coefficient (Wildman–Crippen LogP) is 3.76. The van der Waals surface area contributed by atoms with Crippen molar-refractivity contribution >= 4 is 11.3 Å². The van der Waals surface area contributed by atoms with Gasteiger partial charge in [-0.2, -0.15) is 0 Å². The van der Waals surface area contributed by atoms with E-state index in [0.29, 0.717) is 0 Å². The molecule has 3 rings (SSSR count). The van der Waals surface area contributed by atoms with Crippen LogP contribution in [-0.4, -0.2) is 9.97 Å². The Kier molecular flexibility index (Phi) is 4.08. The van der Waals surface area contributed by atoms with E-state index in [1.165, 1.54) is 0 Å². The molecule has 4 heteroatoms. The van der Waals surface area contributed by atoms with E-state index in [1.54, 1.807) is 11.3 Å². The van der Waals surface area contributed by atoms with Crippen LogP contribution in [0.4, 0.5) is 0 Å². The number of hydrogen-bond donors (Lipinski definition) is 1. The lowest BCUT2D eigenvalue weighted by Crippen LogP contribution is -2.13. The van der Waals surface area contributed by atoms with Crippen molar-refractivity contribution in [2.24, 2.45) is 5.73 Å². The third-order valence-electron chi connectivity index (χ3n) is 3.34. The normalized spacial score (nSPS) is 12.3. The average molecular weight is 295 g/mol. The largest absolute Gasteiger partial charge is 0.324 e. The minimum absolute atomic E-state index is 0.0628. The summed E-state index contributed by atoms with van der Waals surface area (Å²) in [6.45, 7) is 2.03. The number of thiazole rings is 1. The number of rotatable bonds is 4. The molecule has 3 aromatic rings. The van der Waals surface area contributed by atoms with Crippen LogP contribution < -0.4 is 5.73 Å². The summed E-state index contributed by atoms with van der Waals surface area (Å²) >= 11 is 1.66. The summed E-state index contributed by atoms with van der Waals surface area (Å²) in [7, 11) is 0. The third-order valence-corrected chi connectivity index (χ3v) is 4.21. The number of benzene rings is 1. The number of pyridine rings is 1. The third kappa shape index (κ3) is 3.35. The highest BCUT2D eigenvalue weighted by atomic mass is 32.1. The molecule has 0 aliphatic carbocycles. The molecule has 1 aromatic carbocycles. The van der Waals surface area contributed by atoms with E-state index in [-0.39, 0.29) is 6.04 Å². The van der Waals surface area contributed by atoms with Gasteiger partial charge in [-0.1, -0.05) is 36.4 Å². The highest BCUT2D eigenvalue weighted by Crippen LogP contribution is 2.24. The molecular formula is C17H17N3S. The van der Waals surface area contributed by atoms with E-state index in [2.05, 4.69) is 33.5 Å². The first kappa shape index (κ1) is 13.9. The van der Waals surface area contributed by atoms with Gasteiger partial charge in [0, 0.05) is 35.8 Å². The lowest BCUT2D eigenvalue weighted by atomic mass is 10.1. The zero-order chi connectivity index (χ0) is 14.7. The van der Waals surface area contributed by atoms with Crippen LogP contribution in [0, 0.1) is 6.92 Å². The fourth-order valence-electron chi connectivity index (χ4n) is 2.23. The predicted molar refractivity (Wildman–Crippen MR) is 87.2 cm³/mol. The van der Waals surface area contributed by atoms with Gasteiger partial charge in [0.2, 0.25) is 0 Å². The molecule has 0 aliphatic rings. The van der Waals surface area contributed by atoms with E-state index < -0.39 is 0 Å². The van der Waals surface area contributed by atoms with E-state index in [9.17, 15) is 0 Å². The Labute approximate surface area is 128 Å². The lowest BCUT2D eigenvalue weighted by molar-refractivity contribution is 0.713. The van der Waals surface area contributed by atoms with Crippen molar-refractivity contribution in [1.82, 2.24) is 9.97 Å². The van der Waals surface area contributed by atoms with Crippen molar-refractivity contribution in [3.63, 3.8) is 0 Å². The van der Waals surface area contributed by atoms with Gasteiger partial charge in [0.05, 0.1) is 10.7 Å². The van der Waals surface area contributed by atoms with Gasteiger partial charge in [-0.05, 0) is 18.1 Å². The van der Waals surface area contributed by atoms with Crippen LogP contribution in [-0.2, 0) is 6.42 Å². The highest BCUT2D eigenvalue weighted by Gasteiger charge is 2.11. The maximum atomic E-state index is 6.27. The second kappa shape index (κ2) is 6.16. The van der Waals surface area contributed by atoms with Gasteiger partial charge in [0.25, 0.3) is 0 Å². The molecule has 106 valence electrons. The molecular weight excluding hydrogens is 278 g/mol. The first-order valence-electron chi connectivity index (χ1n) is 6.89. The van der Waals surface area contributed by atoms with Crippen LogP contribution in [0.5, 0.6) is 0 Å². The molecule has 2 heterocycles. The van der Waals surface area contributed by atoms with E-state index >= 15 is 0 Å². The number of aryl methyl sites for hydroxylation is 1. The molecule has 0 amide bonds. The van der Waals surface area contributed by atoms with Crippen molar-refractivity contribution < 1.29 is 0 Å². The second-order valence-electron chi connectivity index (χ2n) is 5.10. The van der Waals surface area contributed by atoms with Gasteiger partial charge in [0.15, 0.2) is 0 Å². The van der Waals surface area contributed by atoms with Gasteiger partial charge in [-0.15, -0.1) is 11.3 Å². The standard InChI is InChI=1S/C17H17N3S/c1-12-7-14(10-19-9-12)15(18)8-17-20-16(11-21-17)13-5-3-2-4-6-13/h2-7,9-11,15H,8,18H2,1H3. The summed E-state index contributed by atoms with van der Waals surface area (Å²) in [6, 6.07) is 12.2. The van der Waals surface area contributed by atoms with E-state index in [4.69, 9.17) is 5.73 Å². The molecule has 0 aliphatic heterocycles. The first-order valence-corrected chi connectivity index (χ1v) is 7.77. The van der Waals surface area contributed by atoms with Gasteiger partial charge < -0.3 is 5.73 Å². The molecule has 2 N–H and O–H groups in total. The van der Waals surface area contributed by atoms with Gasteiger partial charge in [0.1, 0.15) is 0 Å². The van der Waals surface area contributed by atoms with Crippen molar-refractivity contribution in [2.45, 2.75) is 19.4 Å². The summed E-state index contributed by atoms with van der Waals surface area (Å²) in [5.74, 6) is 0. The summed E-state index contributed by atoms with van der Waals surface area (Å²) < 4.78 is 0. The molecule has 2 aromatic heterocycles. The van der Waals surface area contributed by atoms with Crippen molar-refractivity contribution in [1.29, 1.82) is 0 Å². The SMILES string of the molecule is Cc1cncc(C(N)Cc2nc(-c3ccccc3)cs2)c1. The van der Waals surface area contributed by atoms with Crippen LogP contribution in [0.3, 0.4) is 0 Å². The number of hydrogen-bond acceptors (Lipinski definition) is 4. The molecule has 1 atom stereocenters. The Morgan fingerprint density at radius 1 is 1.19 bits per heavy atom. The Hall–Kier alpha value is -2.04. The van der Waals surface area contributed by atoms with Crippen LogP contribution >= 0.6 is 11.3 Å². The molecule has 0 fully saturated rings. The fraction of sp³-hybridized carbons (Fsp3) is 0.176. The monoisotopic (exact) mass is 295 g/mol. The Bertz CT molecular complexity index is 722. The Morgan fingerprint density at radius 3 is 2.76 bits per heavy atom. The maximum absolute atomic E-state index is 6.27. The average Bonchev–Trinajstić information content (AvgIpc) is 2.97. The van der Waals surface area contributed by atoms with Crippen LogP contribution in [0.1, 0.15) is 22.2 Å². The van der Waals surface area contributed by atoms with Crippen molar-refractivity contribution in [3.05, 3.63) is 70.3 Å². The molecule has 1 unspecified atom stereocenters. The van der Waals surface area contributed by atoms with Crippen molar-refractivity contribution in [3.8, 4) is 11.3 Å². The summed E-state index contributed by atoms with van der Waals surface area (Å²) in [6.07, 6.45) is 4.42. The number of nitrogens with two attached hydrogens (primary N) is 1. The zero-order valence-electron chi connectivity index (χ0n) is 11.9. The number of aromatic nitrogens is 2. The Morgan fingerprint density at radius 2 is 2.00 bits per heavy atom. The Balaban J connectivity index is 1.75. The molecule has 3 nitrogen and oxygen atoms in total. The summed E-state index contributed by atoms with van der Waals surface area (Å²) in [5.41, 5.74) is 10.6. The lowest BCUT2D eigenvalue weighted by Gasteiger charge is -2.10. The first-order chi connectivity index (χ1) is 10.2. The van der Waals surface area contributed by atoms with Crippen LogP contribution in [0.2, 0.25) is 0 Å². The quantitative estimate of drug-likeness (QED) is 0.797. The molecule has 21 heavy (non-hydrogen) atoms. The molecule has 0 saturated carbocycles. The topological polar surface area (TPSA) is 51.8 Å². The minimum Gasteiger partial charge on any atom is -0.324 e. The second-order valence-corrected chi connectivity index (χ2v) is 6.04. The van der Waals surface area contributed by atoms with E-state index in [0.717, 1.165) is 33.8 Å². The zero-order valence-corrected chi connectivity index (χ0v) is 12.7. The van der Waals surface area contributed by atoms with Gasteiger partial charge in [-0.25, -0.2) is 4.98 Å². The molecule has 0 bridgehead atoms. The van der Waals surface area contributed by atoms with Gasteiger partial charge in [-0.3, -0.25) is 4.98 Å². The highest BCUT2D eigenvalue weighted by molar-refractivity contribution is 7.09. The van der Waals surface area contributed by atoms with Gasteiger partial charge >= 0.3 is 0 Å². The smallest absolute Gasteiger partial charge is 0.0951 e. The fourth-order valence-corrected chi connectivity index (χ4v) is 3.10. The van der Waals surface area contributed by atoms with Crippen LogP contribution in [0.25, 0.3) is 11.3 Å². The maximum Gasteiger partial charge on any atom is 0.0951 e. The molecule has 0 radical (unpaired) electrons. The minimum atomic E-state index is -0.0628. The molecule has 0 saturated heterocycles. The number of nitrogens with zero attached hydrogens (tertiary/aromatic N) is 2.